The predicted octanol–water partition coefficient (Wildman–Crippen LogP) is 8.28. The molecule has 0 bridgehead atoms. The van der Waals surface area contributed by atoms with Crippen molar-refractivity contribution in [1.82, 2.24) is 4.98 Å². The summed E-state index contributed by atoms with van der Waals surface area (Å²) in [6.45, 7) is 2.94. The van der Waals surface area contributed by atoms with Gasteiger partial charge in [-0.25, -0.2) is 4.98 Å². The highest BCUT2D eigenvalue weighted by atomic mass is 35.5. The summed E-state index contributed by atoms with van der Waals surface area (Å²) in [5.41, 5.74) is 3.65. The first-order valence-electron chi connectivity index (χ1n) is 12.9. The molecule has 0 spiro atoms. The second-order valence-corrected chi connectivity index (χ2v) is 9.44. The molecule has 1 heterocycles. The van der Waals surface area contributed by atoms with Gasteiger partial charge >= 0.3 is 0 Å². The minimum absolute atomic E-state index is 0.230. The van der Waals surface area contributed by atoms with Crippen LogP contribution in [0.1, 0.15) is 40.7 Å². The largest absolute Gasteiger partial charge is 0.494 e. The molecule has 4 aromatic carbocycles. The van der Waals surface area contributed by atoms with Crippen molar-refractivity contribution in [1.29, 1.82) is 0 Å². The van der Waals surface area contributed by atoms with Crippen molar-refractivity contribution in [3.63, 3.8) is 0 Å². The molecule has 5 rings (SSSR count). The van der Waals surface area contributed by atoms with Crippen LogP contribution in [0.5, 0.6) is 17.2 Å². The van der Waals surface area contributed by atoms with Gasteiger partial charge < -0.3 is 18.6 Å². The fourth-order valence-electron chi connectivity index (χ4n) is 4.12. The Morgan fingerprint density at radius 2 is 1.70 bits per heavy atom. The van der Waals surface area contributed by atoms with Crippen molar-refractivity contribution in [2.75, 3.05) is 13.7 Å². The van der Waals surface area contributed by atoms with Gasteiger partial charge in [0.15, 0.2) is 22.9 Å². The molecule has 0 aliphatic rings. The first kappa shape index (κ1) is 27.0. The number of ketones is 1. The fraction of sp³-hybridized carbons (Fsp3) is 0.152. The molecular formula is C33H28ClNO5. The van der Waals surface area contributed by atoms with Crippen LogP contribution in [0, 0.1) is 0 Å². The van der Waals surface area contributed by atoms with Crippen LogP contribution in [0.2, 0.25) is 5.02 Å². The summed E-state index contributed by atoms with van der Waals surface area (Å²) in [5, 5.41) is 0.632. The van der Waals surface area contributed by atoms with Crippen LogP contribution in [0.3, 0.4) is 0 Å². The van der Waals surface area contributed by atoms with Gasteiger partial charge in [-0.3, -0.25) is 4.79 Å². The van der Waals surface area contributed by atoms with Gasteiger partial charge in [0.25, 0.3) is 0 Å². The number of para-hydroxylation sites is 2. The van der Waals surface area contributed by atoms with Gasteiger partial charge in [0, 0.05) is 16.1 Å². The molecule has 0 aliphatic heterocycles. The van der Waals surface area contributed by atoms with E-state index in [9.17, 15) is 4.79 Å². The molecule has 202 valence electrons. The van der Waals surface area contributed by atoms with Crippen LogP contribution in [0.15, 0.2) is 95.4 Å². The van der Waals surface area contributed by atoms with E-state index in [4.69, 9.17) is 30.2 Å². The van der Waals surface area contributed by atoms with Crippen LogP contribution in [-0.2, 0) is 6.61 Å². The average molecular weight is 554 g/mol. The lowest BCUT2D eigenvalue weighted by Gasteiger charge is -2.12. The third kappa shape index (κ3) is 6.19. The second kappa shape index (κ2) is 12.5. The zero-order valence-electron chi connectivity index (χ0n) is 22.2. The normalized spacial score (nSPS) is 11.4. The number of carbonyl (C=O) groups is 1. The molecule has 7 heteroatoms. The Hall–Kier alpha value is -4.55. The zero-order chi connectivity index (χ0) is 27.9. The Morgan fingerprint density at radius 3 is 2.45 bits per heavy atom. The number of nitrogens with zero attached hydrogens (tertiary/aromatic N) is 1. The summed E-state index contributed by atoms with van der Waals surface area (Å²) in [6, 6.07) is 27.5. The van der Waals surface area contributed by atoms with Crippen molar-refractivity contribution < 1.29 is 23.4 Å². The van der Waals surface area contributed by atoms with E-state index in [1.54, 1.807) is 49.6 Å². The zero-order valence-corrected chi connectivity index (χ0v) is 23.0. The Kier molecular flexibility index (Phi) is 8.47. The summed E-state index contributed by atoms with van der Waals surface area (Å²) in [7, 11) is 1.57. The van der Waals surface area contributed by atoms with E-state index in [2.05, 4.69) is 4.98 Å². The number of methoxy groups -OCH3 is 1. The molecule has 0 N–H and O–H groups in total. The second-order valence-electron chi connectivity index (χ2n) is 9.04. The van der Waals surface area contributed by atoms with Crippen molar-refractivity contribution in [2.45, 2.75) is 20.0 Å². The van der Waals surface area contributed by atoms with Gasteiger partial charge in [0.1, 0.15) is 17.9 Å². The van der Waals surface area contributed by atoms with E-state index in [0.717, 1.165) is 17.5 Å². The molecule has 6 nitrogen and oxygen atoms in total. The SMILES string of the molecule is CCCOc1ccc(C(=O)/C(=C/c2ccc(OCc3ccccc3Cl)c(OC)c2)c2nc3ccccc3o2)cc1. The number of oxazole rings is 1. The van der Waals surface area contributed by atoms with Crippen LogP contribution >= 0.6 is 11.6 Å². The molecule has 1 aromatic heterocycles. The van der Waals surface area contributed by atoms with E-state index < -0.39 is 0 Å². The van der Waals surface area contributed by atoms with Gasteiger partial charge in [-0.1, -0.05) is 54.9 Å². The minimum Gasteiger partial charge on any atom is -0.494 e. The Morgan fingerprint density at radius 1 is 0.925 bits per heavy atom. The topological polar surface area (TPSA) is 70.8 Å². The smallest absolute Gasteiger partial charge is 0.231 e. The lowest BCUT2D eigenvalue weighted by atomic mass is 10.0. The standard InChI is InChI=1S/C33H28ClNO5/c1-3-18-38-25-15-13-23(14-16-25)32(36)26(33-35-28-10-6-7-11-29(28)40-33)19-22-12-17-30(31(20-22)37-2)39-21-24-8-4-5-9-27(24)34/h4-17,19-20H,3,18,21H2,1-2H3/b26-19-. The maximum atomic E-state index is 13.8. The lowest BCUT2D eigenvalue weighted by Crippen LogP contribution is -2.04. The molecule has 0 saturated heterocycles. The first-order chi connectivity index (χ1) is 19.6. The molecule has 0 aliphatic carbocycles. The Labute approximate surface area is 237 Å². The molecule has 0 atom stereocenters. The van der Waals surface area contributed by atoms with Gasteiger partial charge in [0.2, 0.25) is 5.89 Å². The number of fused-ring (bicyclic) bond motifs is 1. The highest BCUT2D eigenvalue weighted by molar-refractivity contribution is 6.32. The molecular weight excluding hydrogens is 526 g/mol. The van der Waals surface area contributed by atoms with Crippen molar-refractivity contribution in [3.05, 3.63) is 119 Å². The molecule has 0 fully saturated rings. The minimum atomic E-state index is -0.230. The number of halogens is 1. The summed E-state index contributed by atoms with van der Waals surface area (Å²) in [5.74, 6) is 1.78. The Bertz CT molecular complexity index is 1620. The van der Waals surface area contributed by atoms with Gasteiger partial charge in [0.05, 0.1) is 19.3 Å². The third-order valence-electron chi connectivity index (χ3n) is 6.20. The molecule has 0 amide bonds. The van der Waals surface area contributed by atoms with Crippen LogP contribution in [-0.4, -0.2) is 24.5 Å². The summed E-state index contributed by atoms with van der Waals surface area (Å²) < 4.78 is 23.3. The van der Waals surface area contributed by atoms with E-state index in [0.29, 0.717) is 51.1 Å². The summed E-state index contributed by atoms with van der Waals surface area (Å²) >= 11 is 6.27. The Balaban J connectivity index is 1.48. The monoisotopic (exact) mass is 553 g/mol. The summed E-state index contributed by atoms with van der Waals surface area (Å²) in [4.78, 5) is 18.4. The third-order valence-corrected chi connectivity index (χ3v) is 6.57. The predicted molar refractivity (Wildman–Crippen MR) is 157 cm³/mol. The average Bonchev–Trinajstić information content (AvgIpc) is 3.42. The number of carbonyl (C=O) groups excluding carboxylic acids is 1. The molecule has 0 radical (unpaired) electrons. The van der Waals surface area contributed by atoms with Crippen molar-refractivity contribution >= 4 is 40.1 Å². The number of hydrogen-bond donors (Lipinski definition) is 0. The van der Waals surface area contributed by atoms with Crippen LogP contribution in [0.25, 0.3) is 22.7 Å². The number of benzene rings is 4. The highest BCUT2D eigenvalue weighted by Gasteiger charge is 2.21. The number of Topliss-reactive ketones (excluding diaryl/α,β-unsaturated/α-hetero) is 1. The van der Waals surface area contributed by atoms with E-state index in [-0.39, 0.29) is 18.3 Å². The van der Waals surface area contributed by atoms with Gasteiger partial charge in [-0.05, 0) is 72.7 Å². The van der Waals surface area contributed by atoms with E-state index in [1.807, 2.05) is 61.5 Å². The van der Waals surface area contributed by atoms with E-state index in [1.165, 1.54) is 0 Å². The molecule has 5 aromatic rings. The van der Waals surface area contributed by atoms with Crippen LogP contribution in [0.4, 0.5) is 0 Å². The number of allylic oxidation sites excluding steroid dienone is 1. The number of ether oxygens (including phenoxy) is 3. The number of hydrogen-bond acceptors (Lipinski definition) is 6. The van der Waals surface area contributed by atoms with Crippen LogP contribution < -0.4 is 14.2 Å². The fourth-order valence-corrected chi connectivity index (χ4v) is 4.31. The quantitative estimate of drug-likeness (QED) is 0.121. The highest BCUT2D eigenvalue weighted by Crippen LogP contribution is 2.32. The lowest BCUT2D eigenvalue weighted by molar-refractivity contribution is 0.105. The van der Waals surface area contributed by atoms with Crippen molar-refractivity contribution in [2.24, 2.45) is 0 Å². The number of aromatic nitrogens is 1. The first-order valence-corrected chi connectivity index (χ1v) is 13.3. The summed E-state index contributed by atoms with van der Waals surface area (Å²) in [6.07, 6.45) is 2.65. The maximum absolute atomic E-state index is 13.8. The van der Waals surface area contributed by atoms with Gasteiger partial charge in [-0.2, -0.15) is 0 Å². The molecule has 40 heavy (non-hydrogen) atoms. The van der Waals surface area contributed by atoms with Gasteiger partial charge in [-0.15, -0.1) is 0 Å². The number of rotatable bonds is 11. The van der Waals surface area contributed by atoms with Crippen molar-refractivity contribution in [3.8, 4) is 17.2 Å². The maximum Gasteiger partial charge on any atom is 0.231 e. The molecule has 0 saturated carbocycles. The molecule has 0 unspecified atom stereocenters. The van der Waals surface area contributed by atoms with E-state index >= 15 is 0 Å².